The lowest BCUT2D eigenvalue weighted by Gasteiger charge is -2.15. The molecule has 1 amide bonds. The maximum atomic E-state index is 11.8. The van der Waals surface area contributed by atoms with Crippen molar-refractivity contribution in [3.8, 4) is 5.75 Å². The molecule has 0 bridgehead atoms. The average molecular weight is 434 g/mol. The number of carbonyl (C=O) groups excluding carboxylic acids is 1. The molecule has 0 saturated carbocycles. The van der Waals surface area contributed by atoms with E-state index in [0.29, 0.717) is 31.1 Å². The summed E-state index contributed by atoms with van der Waals surface area (Å²) in [6, 6.07) is 14.6. The maximum absolute atomic E-state index is 11.8. The quantitative estimate of drug-likeness (QED) is 0.318. The second kappa shape index (κ2) is 11.0. The number of fused-ring (bicyclic) bond motifs is 1. The molecule has 0 saturated heterocycles. The first-order valence-electron chi connectivity index (χ1n) is 11.5. The van der Waals surface area contributed by atoms with Gasteiger partial charge in [0, 0.05) is 25.1 Å². The molecule has 3 aromatic rings. The number of hydrogen-bond acceptors (Lipinski definition) is 3. The number of ether oxygens (including phenoxy) is 1. The third kappa shape index (κ3) is 6.00. The van der Waals surface area contributed by atoms with Gasteiger partial charge in [0.2, 0.25) is 5.91 Å². The van der Waals surface area contributed by atoms with Crippen molar-refractivity contribution in [2.75, 3.05) is 13.2 Å². The molecule has 5 heteroatoms. The van der Waals surface area contributed by atoms with Gasteiger partial charge in [-0.05, 0) is 61.9 Å². The van der Waals surface area contributed by atoms with Crippen LogP contribution in [0.15, 0.2) is 54.6 Å². The molecular weight excluding hydrogens is 398 g/mol. The summed E-state index contributed by atoms with van der Waals surface area (Å²) in [5.74, 6) is 2.33. The monoisotopic (exact) mass is 433 g/mol. The summed E-state index contributed by atoms with van der Waals surface area (Å²) in [7, 11) is 0. The largest absolute Gasteiger partial charge is 0.493 e. The Labute approximate surface area is 191 Å². The van der Waals surface area contributed by atoms with Crippen molar-refractivity contribution in [1.82, 2.24) is 14.9 Å². The third-order valence-electron chi connectivity index (χ3n) is 5.58. The van der Waals surface area contributed by atoms with Gasteiger partial charge in [0.1, 0.15) is 11.6 Å². The van der Waals surface area contributed by atoms with E-state index in [-0.39, 0.29) is 5.91 Å². The zero-order valence-corrected chi connectivity index (χ0v) is 19.8. The number of rotatable bonds is 11. The number of aromatic nitrogens is 2. The Morgan fingerprint density at radius 3 is 2.72 bits per heavy atom. The van der Waals surface area contributed by atoms with E-state index in [4.69, 9.17) is 9.72 Å². The summed E-state index contributed by atoms with van der Waals surface area (Å²) in [4.78, 5) is 16.6. The lowest BCUT2D eigenvalue weighted by Crippen LogP contribution is -2.26. The van der Waals surface area contributed by atoms with Crippen molar-refractivity contribution in [2.45, 2.75) is 59.4 Å². The minimum atomic E-state index is -0.110. The predicted molar refractivity (Wildman–Crippen MR) is 131 cm³/mol. The van der Waals surface area contributed by atoms with Gasteiger partial charge in [0.15, 0.2) is 0 Å². The van der Waals surface area contributed by atoms with Gasteiger partial charge in [-0.1, -0.05) is 44.7 Å². The second-order valence-electron chi connectivity index (χ2n) is 8.71. The highest BCUT2D eigenvalue weighted by molar-refractivity contribution is 5.92. The first-order chi connectivity index (χ1) is 15.4. The van der Waals surface area contributed by atoms with E-state index in [2.05, 4.69) is 61.5 Å². The Kier molecular flexibility index (Phi) is 8.09. The third-order valence-corrected chi connectivity index (χ3v) is 5.58. The number of nitrogens with one attached hydrogen (secondary N) is 1. The van der Waals surface area contributed by atoms with Gasteiger partial charge in [-0.3, -0.25) is 4.79 Å². The number of nitrogens with zero attached hydrogens (tertiary/aromatic N) is 2. The highest BCUT2D eigenvalue weighted by atomic mass is 16.5. The predicted octanol–water partition coefficient (Wildman–Crippen LogP) is 5.56. The van der Waals surface area contributed by atoms with Crippen LogP contribution in [0.3, 0.4) is 0 Å². The van der Waals surface area contributed by atoms with Crippen molar-refractivity contribution in [1.29, 1.82) is 0 Å². The van der Waals surface area contributed by atoms with Gasteiger partial charge in [-0.15, -0.1) is 0 Å². The van der Waals surface area contributed by atoms with Crippen LogP contribution in [-0.2, 0) is 17.8 Å². The van der Waals surface area contributed by atoms with Crippen LogP contribution in [0.25, 0.3) is 11.0 Å². The Bertz CT molecular complexity index is 1080. The first kappa shape index (κ1) is 23.6. The molecule has 0 aliphatic rings. The Morgan fingerprint density at radius 2 is 1.97 bits per heavy atom. The molecule has 1 aromatic heterocycles. The first-order valence-corrected chi connectivity index (χ1v) is 11.5. The fourth-order valence-corrected chi connectivity index (χ4v) is 3.80. The molecule has 1 heterocycles. The fraction of sp³-hybridized carbons (Fsp3) is 0.407. The van der Waals surface area contributed by atoms with Gasteiger partial charge >= 0.3 is 0 Å². The summed E-state index contributed by atoms with van der Waals surface area (Å²) in [6.45, 7) is 14.0. The van der Waals surface area contributed by atoms with Crippen molar-refractivity contribution >= 4 is 16.9 Å². The Balaban J connectivity index is 1.59. The average Bonchev–Trinajstić information content (AvgIpc) is 3.10. The Hall–Kier alpha value is -3.08. The molecule has 3 rings (SSSR count). The van der Waals surface area contributed by atoms with E-state index in [0.717, 1.165) is 42.0 Å². The molecule has 0 aliphatic heterocycles. The topological polar surface area (TPSA) is 56.2 Å². The van der Waals surface area contributed by atoms with Gasteiger partial charge in [-0.2, -0.15) is 0 Å². The zero-order chi connectivity index (χ0) is 23.1. The second-order valence-corrected chi connectivity index (χ2v) is 8.71. The summed E-state index contributed by atoms with van der Waals surface area (Å²) < 4.78 is 8.42. The van der Waals surface area contributed by atoms with Gasteiger partial charge < -0.3 is 14.6 Å². The van der Waals surface area contributed by atoms with Crippen LogP contribution in [-0.4, -0.2) is 28.6 Å². The lowest BCUT2D eigenvalue weighted by molar-refractivity contribution is -0.117. The summed E-state index contributed by atoms with van der Waals surface area (Å²) in [5, 5.41) is 2.90. The van der Waals surface area contributed by atoms with Crippen LogP contribution in [0.5, 0.6) is 5.75 Å². The molecular formula is C27H35N3O2. The standard InChI is InChI=1S/C27H35N3O2/c1-19(2)22-13-12-21(5)18-25(22)32-17-9-8-16-30-24-11-7-6-10-23(24)29-26(30)14-15-28-27(31)20(3)4/h6-7,10-13,18-19H,3,8-9,14-17H2,1-2,4-5H3,(H,28,31). The van der Waals surface area contributed by atoms with Crippen LogP contribution in [0, 0.1) is 6.92 Å². The van der Waals surface area contributed by atoms with Crippen LogP contribution in [0.4, 0.5) is 0 Å². The summed E-state index contributed by atoms with van der Waals surface area (Å²) in [6.07, 6.45) is 2.64. The number of hydrogen-bond donors (Lipinski definition) is 1. The molecule has 2 aromatic carbocycles. The molecule has 0 radical (unpaired) electrons. The van der Waals surface area contributed by atoms with Crippen molar-refractivity contribution < 1.29 is 9.53 Å². The van der Waals surface area contributed by atoms with Crippen LogP contribution < -0.4 is 10.1 Å². The molecule has 5 nitrogen and oxygen atoms in total. The van der Waals surface area contributed by atoms with Crippen LogP contribution in [0.2, 0.25) is 0 Å². The summed E-state index contributed by atoms with van der Waals surface area (Å²) in [5.41, 5.74) is 5.13. The molecule has 0 fully saturated rings. The number of para-hydroxylation sites is 2. The smallest absolute Gasteiger partial charge is 0.246 e. The van der Waals surface area contributed by atoms with Gasteiger partial charge in [-0.25, -0.2) is 4.98 Å². The molecule has 0 unspecified atom stereocenters. The maximum Gasteiger partial charge on any atom is 0.246 e. The van der Waals surface area contributed by atoms with Crippen LogP contribution >= 0.6 is 0 Å². The fourth-order valence-electron chi connectivity index (χ4n) is 3.80. The van der Waals surface area contributed by atoms with E-state index in [1.807, 2.05) is 18.2 Å². The van der Waals surface area contributed by atoms with Crippen molar-refractivity contribution in [2.24, 2.45) is 0 Å². The minimum Gasteiger partial charge on any atom is -0.493 e. The van der Waals surface area contributed by atoms with E-state index in [1.165, 1.54) is 11.1 Å². The molecule has 0 aliphatic carbocycles. The molecule has 0 spiro atoms. The molecule has 170 valence electrons. The number of unbranched alkanes of at least 4 members (excludes halogenated alkanes) is 1. The summed E-state index contributed by atoms with van der Waals surface area (Å²) >= 11 is 0. The van der Waals surface area contributed by atoms with E-state index in [1.54, 1.807) is 6.92 Å². The van der Waals surface area contributed by atoms with Gasteiger partial charge in [0.05, 0.1) is 17.6 Å². The van der Waals surface area contributed by atoms with E-state index < -0.39 is 0 Å². The van der Waals surface area contributed by atoms with E-state index >= 15 is 0 Å². The highest BCUT2D eigenvalue weighted by Crippen LogP contribution is 2.27. The lowest BCUT2D eigenvalue weighted by atomic mass is 10.0. The number of amides is 1. The highest BCUT2D eigenvalue weighted by Gasteiger charge is 2.12. The normalized spacial score (nSPS) is 11.2. The van der Waals surface area contributed by atoms with Crippen LogP contribution in [0.1, 0.15) is 56.5 Å². The SMILES string of the molecule is C=C(C)C(=O)NCCc1nc2ccccc2n1CCCCOc1cc(C)ccc1C(C)C. The van der Waals surface area contributed by atoms with Crippen molar-refractivity contribution in [3.05, 3.63) is 71.6 Å². The molecule has 32 heavy (non-hydrogen) atoms. The molecule has 1 N–H and O–H groups in total. The number of carbonyl (C=O) groups is 1. The van der Waals surface area contributed by atoms with Gasteiger partial charge in [0.25, 0.3) is 0 Å². The van der Waals surface area contributed by atoms with E-state index in [9.17, 15) is 4.79 Å². The number of aryl methyl sites for hydroxylation is 2. The Morgan fingerprint density at radius 1 is 1.19 bits per heavy atom. The number of benzene rings is 2. The zero-order valence-electron chi connectivity index (χ0n) is 19.8. The van der Waals surface area contributed by atoms with Crippen molar-refractivity contribution in [3.63, 3.8) is 0 Å². The minimum absolute atomic E-state index is 0.110. The number of imidazole rings is 1. The molecule has 0 atom stereocenters.